The second-order valence-electron chi connectivity index (χ2n) is 7.77. The topological polar surface area (TPSA) is 97.0 Å². The summed E-state index contributed by atoms with van der Waals surface area (Å²) in [7, 11) is 0. The van der Waals surface area contributed by atoms with Gasteiger partial charge in [-0.15, -0.1) is 0 Å². The number of ether oxygens (including phenoxy) is 1. The van der Waals surface area contributed by atoms with Gasteiger partial charge in [0.05, 0.1) is 35.4 Å². The molecule has 1 N–H and O–H groups in total. The van der Waals surface area contributed by atoms with Crippen LogP contribution in [0.25, 0.3) is 10.9 Å². The number of thioether (sulfide) groups is 1. The van der Waals surface area contributed by atoms with Crippen LogP contribution in [0.5, 0.6) is 0 Å². The van der Waals surface area contributed by atoms with Crippen molar-refractivity contribution in [1.29, 1.82) is 5.26 Å². The quantitative estimate of drug-likeness (QED) is 0.553. The van der Waals surface area contributed by atoms with Gasteiger partial charge >= 0.3 is 0 Å². The van der Waals surface area contributed by atoms with Gasteiger partial charge < -0.3 is 10.1 Å². The summed E-state index contributed by atoms with van der Waals surface area (Å²) < 4.78 is 7.31. The van der Waals surface area contributed by atoms with Gasteiger partial charge in [0.15, 0.2) is 5.16 Å². The van der Waals surface area contributed by atoms with E-state index in [0.717, 1.165) is 12.8 Å². The molecule has 0 spiro atoms. The van der Waals surface area contributed by atoms with E-state index in [-0.39, 0.29) is 29.2 Å². The van der Waals surface area contributed by atoms with E-state index >= 15 is 0 Å². The lowest BCUT2D eigenvalue weighted by Gasteiger charge is -2.27. The number of carbonyl (C=O) groups excluding carboxylic acids is 1. The molecule has 1 aliphatic heterocycles. The van der Waals surface area contributed by atoms with Crippen LogP contribution >= 0.6 is 11.8 Å². The molecule has 3 rings (SSSR count). The van der Waals surface area contributed by atoms with Crippen LogP contribution in [0.4, 0.5) is 0 Å². The highest BCUT2D eigenvalue weighted by Crippen LogP contribution is 2.22. The minimum atomic E-state index is -0.939. The molecule has 0 aliphatic carbocycles. The maximum Gasteiger partial charge on any atom is 0.262 e. The number of amides is 1. The summed E-state index contributed by atoms with van der Waals surface area (Å²) in [6.07, 6.45) is 1.86. The molecule has 2 heterocycles. The number of fused-ring (bicyclic) bond motifs is 1. The van der Waals surface area contributed by atoms with Crippen molar-refractivity contribution in [2.24, 2.45) is 5.92 Å². The predicted molar refractivity (Wildman–Crippen MR) is 113 cm³/mol. The number of rotatable bonds is 7. The van der Waals surface area contributed by atoms with Crippen molar-refractivity contribution < 1.29 is 9.53 Å². The molecular weight excluding hydrogens is 388 g/mol. The molecule has 0 saturated carbocycles. The molecule has 2 aromatic rings. The number of benzene rings is 1. The van der Waals surface area contributed by atoms with Gasteiger partial charge in [0.2, 0.25) is 5.91 Å². The van der Waals surface area contributed by atoms with Crippen LogP contribution in [0.3, 0.4) is 0 Å². The van der Waals surface area contributed by atoms with Crippen molar-refractivity contribution >= 4 is 28.6 Å². The van der Waals surface area contributed by atoms with Crippen molar-refractivity contribution in [1.82, 2.24) is 14.9 Å². The maximum atomic E-state index is 13.1. The number of nitrogens with one attached hydrogen (secondary N) is 1. The average Bonchev–Trinajstić information content (AvgIpc) is 3.22. The summed E-state index contributed by atoms with van der Waals surface area (Å²) in [5, 5.41) is 13.2. The van der Waals surface area contributed by atoms with E-state index < -0.39 is 5.54 Å². The van der Waals surface area contributed by atoms with Crippen LogP contribution < -0.4 is 10.9 Å². The number of nitrogens with zero attached hydrogens (tertiary/aromatic N) is 3. The van der Waals surface area contributed by atoms with Crippen LogP contribution in [0.15, 0.2) is 34.2 Å². The Kier molecular flexibility index (Phi) is 6.60. The number of para-hydroxylation sites is 1. The number of nitriles is 1. The highest BCUT2D eigenvalue weighted by molar-refractivity contribution is 7.99. The van der Waals surface area contributed by atoms with Crippen molar-refractivity contribution in [3.8, 4) is 6.07 Å². The summed E-state index contributed by atoms with van der Waals surface area (Å²) in [6.45, 7) is 6.61. The molecule has 0 bridgehead atoms. The Balaban J connectivity index is 1.84. The van der Waals surface area contributed by atoms with E-state index in [1.165, 1.54) is 11.8 Å². The zero-order valence-electron chi connectivity index (χ0n) is 17.0. The third-order valence-electron chi connectivity index (χ3n) is 5.36. The minimum Gasteiger partial charge on any atom is -0.376 e. The highest BCUT2D eigenvalue weighted by Gasteiger charge is 2.30. The van der Waals surface area contributed by atoms with Crippen molar-refractivity contribution in [2.75, 3.05) is 12.4 Å². The van der Waals surface area contributed by atoms with Crippen LogP contribution in [0.2, 0.25) is 0 Å². The predicted octanol–water partition coefficient (Wildman–Crippen LogP) is 2.72. The molecule has 2 atom stereocenters. The van der Waals surface area contributed by atoms with Gasteiger partial charge in [-0.05, 0) is 37.8 Å². The summed E-state index contributed by atoms with van der Waals surface area (Å²) in [5.74, 6) is -0.225. The van der Waals surface area contributed by atoms with Crippen LogP contribution in [0.1, 0.15) is 33.6 Å². The largest absolute Gasteiger partial charge is 0.376 e. The molecule has 8 heteroatoms. The third-order valence-corrected chi connectivity index (χ3v) is 6.33. The Morgan fingerprint density at radius 2 is 2.24 bits per heavy atom. The van der Waals surface area contributed by atoms with Gasteiger partial charge in [-0.3, -0.25) is 14.2 Å². The van der Waals surface area contributed by atoms with Gasteiger partial charge in [-0.1, -0.05) is 37.7 Å². The third kappa shape index (κ3) is 4.80. The first kappa shape index (κ1) is 21.3. The van der Waals surface area contributed by atoms with Gasteiger partial charge in [0.25, 0.3) is 5.56 Å². The summed E-state index contributed by atoms with van der Waals surface area (Å²) in [5.41, 5.74) is -0.461. The van der Waals surface area contributed by atoms with E-state index in [1.54, 1.807) is 23.6 Å². The van der Waals surface area contributed by atoms with Crippen LogP contribution in [0, 0.1) is 17.2 Å². The van der Waals surface area contributed by atoms with Gasteiger partial charge in [0, 0.05) is 6.61 Å². The monoisotopic (exact) mass is 414 g/mol. The Morgan fingerprint density at radius 1 is 1.48 bits per heavy atom. The lowest BCUT2D eigenvalue weighted by atomic mass is 9.90. The Bertz CT molecular complexity index is 992. The first-order chi connectivity index (χ1) is 13.8. The molecule has 1 amide bonds. The molecule has 1 aromatic heterocycles. The lowest BCUT2D eigenvalue weighted by molar-refractivity contribution is -0.120. The minimum absolute atomic E-state index is 0.0216. The zero-order chi connectivity index (χ0) is 21.0. The molecule has 1 aliphatic rings. The first-order valence-corrected chi connectivity index (χ1v) is 10.8. The molecule has 29 heavy (non-hydrogen) atoms. The smallest absolute Gasteiger partial charge is 0.262 e. The van der Waals surface area contributed by atoms with E-state index in [2.05, 4.69) is 16.4 Å². The summed E-state index contributed by atoms with van der Waals surface area (Å²) in [6, 6.07) is 9.38. The number of aromatic nitrogens is 2. The Labute approximate surface area is 174 Å². The number of hydrogen-bond acceptors (Lipinski definition) is 6. The first-order valence-electron chi connectivity index (χ1n) is 9.80. The second-order valence-corrected chi connectivity index (χ2v) is 8.71. The molecule has 154 valence electrons. The maximum absolute atomic E-state index is 13.1. The lowest BCUT2D eigenvalue weighted by Crippen LogP contribution is -2.49. The normalized spacial score (nSPS) is 18.5. The fraction of sp³-hybridized carbons (Fsp3) is 0.524. The average molecular weight is 415 g/mol. The summed E-state index contributed by atoms with van der Waals surface area (Å²) >= 11 is 1.21. The molecular formula is C21H26N4O3S. The van der Waals surface area contributed by atoms with E-state index in [0.29, 0.717) is 29.2 Å². The van der Waals surface area contributed by atoms with E-state index in [4.69, 9.17) is 4.74 Å². The fourth-order valence-corrected chi connectivity index (χ4v) is 3.98. The molecule has 0 unspecified atom stereocenters. The Hall–Kier alpha value is -2.37. The highest BCUT2D eigenvalue weighted by atomic mass is 32.2. The number of hydrogen-bond donors (Lipinski definition) is 1. The SMILES string of the molecule is CC(C)[C@@](C)(C#N)NC(=O)CSc1nc2ccccc2c(=O)n1C[C@H]1CCCO1. The van der Waals surface area contributed by atoms with Crippen molar-refractivity contribution in [3.05, 3.63) is 34.6 Å². The van der Waals surface area contributed by atoms with Gasteiger partial charge in [-0.25, -0.2) is 4.98 Å². The molecule has 1 saturated heterocycles. The molecule has 1 aromatic carbocycles. The van der Waals surface area contributed by atoms with Gasteiger partial charge in [-0.2, -0.15) is 5.26 Å². The Morgan fingerprint density at radius 3 is 2.90 bits per heavy atom. The van der Waals surface area contributed by atoms with Gasteiger partial charge in [0.1, 0.15) is 5.54 Å². The fourth-order valence-electron chi connectivity index (χ4n) is 3.17. The van der Waals surface area contributed by atoms with Crippen molar-refractivity contribution in [3.63, 3.8) is 0 Å². The van der Waals surface area contributed by atoms with E-state index in [1.807, 2.05) is 26.0 Å². The zero-order valence-corrected chi connectivity index (χ0v) is 17.8. The number of carbonyl (C=O) groups is 1. The second kappa shape index (κ2) is 8.97. The molecule has 1 fully saturated rings. The standard InChI is InChI=1S/C21H26N4O3S/c1-14(2)21(3,13-22)24-18(26)12-29-20-23-17-9-5-4-8-16(17)19(27)25(20)11-15-7-6-10-28-15/h4-5,8-9,14-15H,6-7,10-12H2,1-3H3,(H,24,26)/t15-,21-/m1/s1. The molecule has 0 radical (unpaired) electrons. The van der Waals surface area contributed by atoms with E-state index in [9.17, 15) is 14.9 Å². The van der Waals surface area contributed by atoms with Crippen LogP contribution in [-0.4, -0.2) is 39.5 Å². The van der Waals surface area contributed by atoms with Crippen LogP contribution in [-0.2, 0) is 16.1 Å². The van der Waals surface area contributed by atoms with Crippen molar-refractivity contribution in [2.45, 2.75) is 57.0 Å². The summed E-state index contributed by atoms with van der Waals surface area (Å²) in [4.78, 5) is 30.2. The molecule has 7 nitrogen and oxygen atoms in total.